The Morgan fingerprint density at radius 2 is 2.04 bits per heavy atom. The maximum absolute atomic E-state index is 12.4. The van der Waals surface area contributed by atoms with Gasteiger partial charge in [0.05, 0.1) is 24.9 Å². The van der Waals surface area contributed by atoms with Gasteiger partial charge in [-0.2, -0.15) is 0 Å². The Morgan fingerprint density at radius 1 is 1.29 bits per heavy atom. The number of ether oxygens (including phenoxy) is 2. The first-order chi connectivity index (χ1) is 11.7. The number of anilines is 1. The van der Waals surface area contributed by atoms with Crippen molar-refractivity contribution in [3.05, 3.63) is 24.3 Å². The van der Waals surface area contributed by atoms with E-state index in [1.54, 1.807) is 7.11 Å². The average Bonchev–Trinajstić information content (AvgIpc) is 3.16. The van der Waals surface area contributed by atoms with Crippen LogP contribution in [-0.4, -0.2) is 63.0 Å². The van der Waals surface area contributed by atoms with E-state index in [2.05, 4.69) is 16.3 Å². The molecule has 1 N–H and O–H groups in total. The van der Waals surface area contributed by atoms with Crippen molar-refractivity contribution < 1.29 is 14.3 Å². The SMILES string of the molecule is COc1ccccc1N1CCN(C(=O)N[C@@H](C)[C@H]2CCCO2)CC1. The zero-order valence-electron chi connectivity index (χ0n) is 14.5. The predicted molar refractivity (Wildman–Crippen MR) is 93.7 cm³/mol. The van der Waals surface area contributed by atoms with E-state index in [0.29, 0.717) is 13.1 Å². The van der Waals surface area contributed by atoms with E-state index in [9.17, 15) is 4.79 Å². The maximum Gasteiger partial charge on any atom is 0.317 e. The maximum atomic E-state index is 12.4. The minimum Gasteiger partial charge on any atom is -0.495 e. The van der Waals surface area contributed by atoms with Crippen molar-refractivity contribution in [2.75, 3.05) is 44.8 Å². The Kier molecular flexibility index (Phi) is 5.45. The van der Waals surface area contributed by atoms with Gasteiger partial charge < -0.3 is 24.6 Å². The van der Waals surface area contributed by atoms with Crippen LogP contribution >= 0.6 is 0 Å². The number of carbonyl (C=O) groups excluding carboxylic acids is 1. The third-order valence-electron chi connectivity index (χ3n) is 4.87. The Labute approximate surface area is 143 Å². The second-order valence-electron chi connectivity index (χ2n) is 6.44. The highest BCUT2D eigenvalue weighted by atomic mass is 16.5. The van der Waals surface area contributed by atoms with Crippen LogP contribution in [0.5, 0.6) is 5.75 Å². The van der Waals surface area contributed by atoms with Gasteiger partial charge in [-0.3, -0.25) is 0 Å². The van der Waals surface area contributed by atoms with Gasteiger partial charge in [0.2, 0.25) is 0 Å². The van der Waals surface area contributed by atoms with Crippen LogP contribution < -0.4 is 15.0 Å². The molecular formula is C18H27N3O3. The second kappa shape index (κ2) is 7.75. The average molecular weight is 333 g/mol. The number of hydrogen-bond acceptors (Lipinski definition) is 4. The topological polar surface area (TPSA) is 54.0 Å². The molecule has 2 fully saturated rings. The van der Waals surface area contributed by atoms with Crippen LogP contribution in [0, 0.1) is 0 Å². The van der Waals surface area contributed by atoms with Gasteiger partial charge in [0.1, 0.15) is 5.75 Å². The molecule has 0 saturated carbocycles. The minimum absolute atomic E-state index is 0.0117. The Hall–Kier alpha value is -1.95. The van der Waals surface area contributed by atoms with Crippen molar-refractivity contribution >= 4 is 11.7 Å². The quantitative estimate of drug-likeness (QED) is 0.917. The molecule has 2 heterocycles. The fourth-order valence-corrected chi connectivity index (χ4v) is 3.42. The molecule has 24 heavy (non-hydrogen) atoms. The number of urea groups is 1. The summed E-state index contributed by atoms with van der Waals surface area (Å²) in [5, 5.41) is 3.09. The largest absolute Gasteiger partial charge is 0.495 e. The Morgan fingerprint density at radius 3 is 2.71 bits per heavy atom. The van der Waals surface area contributed by atoms with Gasteiger partial charge in [-0.25, -0.2) is 4.79 Å². The molecule has 0 bridgehead atoms. The monoisotopic (exact) mass is 333 g/mol. The van der Waals surface area contributed by atoms with E-state index in [1.807, 2.05) is 30.0 Å². The lowest BCUT2D eigenvalue weighted by Crippen LogP contribution is -2.54. The first-order valence-corrected chi connectivity index (χ1v) is 8.74. The van der Waals surface area contributed by atoms with E-state index in [4.69, 9.17) is 9.47 Å². The summed E-state index contributed by atoms with van der Waals surface area (Å²) in [6.07, 6.45) is 2.27. The molecule has 0 radical (unpaired) electrons. The molecule has 0 unspecified atom stereocenters. The summed E-state index contributed by atoms with van der Waals surface area (Å²) in [7, 11) is 1.69. The number of rotatable bonds is 4. The fraction of sp³-hybridized carbons (Fsp3) is 0.611. The number of carbonyl (C=O) groups is 1. The molecule has 0 aliphatic carbocycles. The van der Waals surface area contributed by atoms with Gasteiger partial charge in [-0.1, -0.05) is 12.1 Å². The van der Waals surface area contributed by atoms with Crippen molar-refractivity contribution in [1.82, 2.24) is 10.2 Å². The van der Waals surface area contributed by atoms with Gasteiger partial charge in [-0.15, -0.1) is 0 Å². The van der Waals surface area contributed by atoms with Crippen molar-refractivity contribution in [2.24, 2.45) is 0 Å². The summed E-state index contributed by atoms with van der Waals surface area (Å²) in [5.74, 6) is 0.877. The van der Waals surface area contributed by atoms with Crippen molar-refractivity contribution in [3.63, 3.8) is 0 Å². The smallest absolute Gasteiger partial charge is 0.317 e. The number of nitrogens with zero attached hydrogens (tertiary/aromatic N) is 2. The van der Waals surface area contributed by atoms with Crippen LogP contribution in [0.25, 0.3) is 0 Å². The molecule has 2 amide bonds. The first-order valence-electron chi connectivity index (χ1n) is 8.74. The number of para-hydroxylation sites is 2. The summed E-state index contributed by atoms with van der Waals surface area (Å²) in [6, 6.07) is 8.09. The first kappa shape index (κ1) is 16.9. The third kappa shape index (κ3) is 3.75. The molecule has 2 aliphatic rings. The zero-order valence-corrected chi connectivity index (χ0v) is 14.5. The van der Waals surface area contributed by atoms with Crippen LogP contribution in [0.2, 0.25) is 0 Å². The predicted octanol–water partition coefficient (Wildman–Crippen LogP) is 2.09. The number of benzene rings is 1. The van der Waals surface area contributed by atoms with E-state index < -0.39 is 0 Å². The molecule has 1 aromatic carbocycles. The van der Waals surface area contributed by atoms with Gasteiger partial charge in [0.15, 0.2) is 0 Å². The molecule has 132 valence electrons. The van der Waals surface area contributed by atoms with Gasteiger partial charge in [0.25, 0.3) is 0 Å². The normalized spacial score (nSPS) is 22.3. The van der Waals surface area contributed by atoms with Crippen LogP contribution in [0.1, 0.15) is 19.8 Å². The molecule has 1 aromatic rings. The van der Waals surface area contributed by atoms with Crippen molar-refractivity contribution in [2.45, 2.75) is 31.9 Å². The van der Waals surface area contributed by atoms with Crippen molar-refractivity contribution in [3.8, 4) is 5.75 Å². The van der Waals surface area contributed by atoms with Crippen LogP contribution in [0.3, 0.4) is 0 Å². The van der Waals surface area contributed by atoms with E-state index in [-0.39, 0.29) is 18.2 Å². The van der Waals surface area contributed by atoms with Gasteiger partial charge in [-0.05, 0) is 31.9 Å². The van der Waals surface area contributed by atoms with E-state index >= 15 is 0 Å². The minimum atomic E-state index is 0.0117. The zero-order chi connectivity index (χ0) is 16.9. The number of piperazine rings is 1. The Bertz CT molecular complexity index is 552. The van der Waals surface area contributed by atoms with Gasteiger partial charge >= 0.3 is 6.03 Å². The van der Waals surface area contributed by atoms with Crippen LogP contribution in [-0.2, 0) is 4.74 Å². The molecular weight excluding hydrogens is 306 g/mol. The molecule has 2 saturated heterocycles. The van der Waals surface area contributed by atoms with E-state index in [0.717, 1.165) is 44.0 Å². The molecule has 6 heteroatoms. The molecule has 2 atom stereocenters. The number of nitrogens with one attached hydrogen (secondary N) is 1. The molecule has 0 aromatic heterocycles. The summed E-state index contributed by atoms with van der Waals surface area (Å²) < 4.78 is 11.1. The highest BCUT2D eigenvalue weighted by molar-refractivity contribution is 5.75. The lowest BCUT2D eigenvalue weighted by molar-refractivity contribution is 0.0831. The highest BCUT2D eigenvalue weighted by Gasteiger charge is 2.27. The fourth-order valence-electron chi connectivity index (χ4n) is 3.42. The highest BCUT2D eigenvalue weighted by Crippen LogP contribution is 2.28. The second-order valence-corrected chi connectivity index (χ2v) is 6.44. The molecule has 0 spiro atoms. The number of amides is 2. The number of hydrogen-bond donors (Lipinski definition) is 1. The lowest BCUT2D eigenvalue weighted by atomic mass is 10.1. The van der Waals surface area contributed by atoms with Crippen LogP contribution in [0.4, 0.5) is 10.5 Å². The number of methoxy groups -OCH3 is 1. The van der Waals surface area contributed by atoms with Gasteiger partial charge in [0, 0.05) is 32.8 Å². The Balaban J connectivity index is 1.52. The van der Waals surface area contributed by atoms with Crippen molar-refractivity contribution in [1.29, 1.82) is 0 Å². The summed E-state index contributed by atoms with van der Waals surface area (Å²) in [4.78, 5) is 16.6. The van der Waals surface area contributed by atoms with Crippen LogP contribution in [0.15, 0.2) is 24.3 Å². The molecule has 6 nitrogen and oxygen atoms in total. The summed E-state index contributed by atoms with van der Waals surface area (Å²) in [6.45, 7) is 5.87. The molecule has 3 rings (SSSR count). The molecule has 2 aliphatic heterocycles. The standard InChI is InChI=1S/C18H27N3O3/c1-14(16-8-5-13-24-16)19-18(22)21-11-9-20(10-12-21)15-6-3-4-7-17(15)23-2/h3-4,6-7,14,16H,5,8-13H2,1-2H3,(H,19,22)/t14-,16+/m0/s1. The summed E-state index contributed by atoms with van der Waals surface area (Å²) in [5.41, 5.74) is 1.09. The third-order valence-corrected chi connectivity index (χ3v) is 4.87. The lowest BCUT2D eigenvalue weighted by Gasteiger charge is -2.37. The summed E-state index contributed by atoms with van der Waals surface area (Å²) >= 11 is 0. The van der Waals surface area contributed by atoms with E-state index in [1.165, 1.54) is 0 Å².